The summed E-state index contributed by atoms with van der Waals surface area (Å²) in [5.74, 6) is 1.10. The van der Waals surface area contributed by atoms with Gasteiger partial charge in [-0.3, -0.25) is 4.99 Å². The standard InChI is InChI=1S/C17H30N4O2S.HI/c1-5-18-17(19-10-7-11-21-24(4,22)23)20-13-15(3)16-9-6-8-14(2)12-16;/h6,8-9,12,15,21H,5,7,10-11,13H2,1-4H3,(H2,18,19,20);1H. The Bertz CT molecular complexity index is 635. The SMILES string of the molecule is CCNC(=NCC(C)c1cccc(C)c1)NCCCNS(C)(=O)=O.I. The van der Waals surface area contributed by atoms with Gasteiger partial charge in [0.05, 0.1) is 6.26 Å². The van der Waals surface area contributed by atoms with Gasteiger partial charge in [0.1, 0.15) is 0 Å². The van der Waals surface area contributed by atoms with Crippen LogP contribution >= 0.6 is 24.0 Å². The summed E-state index contributed by atoms with van der Waals surface area (Å²) in [4.78, 5) is 4.62. The van der Waals surface area contributed by atoms with E-state index < -0.39 is 10.0 Å². The smallest absolute Gasteiger partial charge is 0.208 e. The molecule has 0 saturated carbocycles. The summed E-state index contributed by atoms with van der Waals surface area (Å²) < 4.78 is 24.5. The molecule has 0 saturated heterocycles. The number of nitrogens with zero attached hydrogens (tertiary/aromatic N) is 1. The largest absolute Gasteiger partial charge is 0.357 e. The lowest BCUT2D eigenvalue weighted by atomic mass is 10.00. The Kier molecular flexibility index (Phi) is 12.0. The summed E-state index contributed by atoms with van der Waals surface area (Å²) in [6, 6.07) is 8.49. The molecule has 0 aliphatic heterocycles. The third kappa shape index (κ3) is 11.4. The van der Waals surface area contributed by atoms with Gasteiger partial charge in [-0.1, -0.05) is 36.8 Å². The normalized spacial score (nSPS) is 13.0. The Morgan fingerprint density at radius 1 is 1.24 bits per heavy atom. The van der Waals surface area contributed by atoms with Gasteiger partial charge in [-0.25, -0.2) is 13.1 Å². The van der Waals surface area contributed by atoms with Crippen molar-refractivity contribution >= 4 is 40.0 Å². The lowest BCUT2D eigenvalue weighted by Gasteiger charge is -2.14. The van der Waals surface area contributed by atoms with Crippen molar-refractivity contribution in [3.63, 3.8) is 0 Å². The predicted octanol–water partition coefficient (Wildman–Crippen LogP) is 2.21. The first-order valence-electron chi connectivity index (χ1n) is 8.35. The zero-order valence-corrected chi connectivity index (χ0v) is 18.6. The quantitative estimate of drug-likeness (QED) is 0.218. The molecule has 1 aromatic rings. The van der Waals surface area contributed by atoms with Gasteiger partial charge in [0.2, 0.25) is 10.0 Å². The summed E-state index contributed by atoms with van der Waals surface area (Å²) in [7, 11) is -3.11. The number of benzene rings is 1. The average Bonchev–Trinajstić information content (AvgIpc) is 2.50. The third-order valence-electron chi connectivity index (χ3n) is 3.49. The maximum Gasteiger partial charge on any atom is 0.208 e. The summed E-state index contributed by atoms with van der Waals surface area (Å²) in [6.45, 7) is 8.84. The highest BCUT2D eigenvalue weighted by atomic mass is 127. The van der Waals surface area contributed by atoms with Gasteiger partial charge >= 0.3 is 0 Å². The minimum Gasteiger partial charge on any atom is -0.357 e. The number of hydrogen-bond acceptors (Lipinski definition) is 3. The van der Waals surface area contributed by atoms with E-state index in [2.05, 4.69) is 58.5 Å². The molecular formula is C17H31IN4O2S. The van der Waals surface area contributed by atoms with E-state index in [1.807, 2.05) is 6.92 Å². The molecule has 1 rings (SSSR count). The molecule has 0 radical (unpaired) electrons. The molecule has 0 aromatic heterocycles. The van der Waals surface area contributed by atoms with Crippen LogP contribution in [0.3, 0.4) is 0 Å². The highest BCUT2D eigenvalue weighted by molar-refractivity contribution is 14.0. The van der Waals surface area contributed by atoms with Gasteiger partial charge in [0, 0.05) is 32.1 Å². The van der Waals surface area contributed by atoms with Gasteiger partial charge in [-0.2, -0.15) is 0 Å². The first kappa shape index (κ1) is 24.1. The van der Waals surface area contributed by atoms with Crippen LogP contribution < -0.4 is 15.4 Å². The first-order valence-corrected chi connectivity index (χ1v) is 10.2. The number of hydrogen-bond donors (Lipinski definition) is 3. The monoisotopic (exact) mass is 482 g/mol. The Hall–Kier alpha value is -0.870. The van der Waals surface area contributed by atoms with Crippen molar-refractivity contribution in [3.05, 3.63) is 35.4 Å². The highest BCUT2D eigenvalue weighted by Gasteiger charge is 2.06. The lowest BCUT2D eigenvalue weighted by Crippen LogP contribution is -2.39. The molecule has 1 atom stereocenters. The van der Waals surface area contributed by atoms with Crippen molar-refractivity contribution in [1.29, 1.82) is 0 Å². The summed E-state index contributed by atoms with van der Waals surface area (Å²) >= 11 is 0. The molecule has 3 N–H and O–H groups in total. The van der Waals surface area contributed by atoms with Crippen LogP contribution in [-0.4, -0.2) is 46.8 Å². The van der Waals surface area contributed by atoms with Gasteiger partial charge < -0.3 is 10.6 Å². The number of guanidine groups is 1. The molecule has 0 fully saturated rings. The molecule has 144 valence electrons. The molecule has 0 amide bonds. The van der Waals surface area contributed by atoms with Crippen LogP contribution in [0.2, 0.25) is 0 Å². The van der Waals surface area contributed by atoms with E-state index in [1.54, 1.807) is 0 Å². The molecule has 0 bridgehead atoms. The topological polar surface area (TPSA) is 82.6 Å². The zero-order chi connectivity index (χ0) is 18.0. The molecule has 0 aliphatic carbocycles. The maximum absolute atomic E-state index is 11.0. The maximum atomic E-state index is 11.0. The second kappa shape index (κ2) is 12.5. The van der Waals surface area contributed by atoms with Gasteiger partial charge in [-0.15, -0.1) is 24.0 Å². The van der Waals surface area contributed by atoms with Crippen LogP contribution in [0.25, 0.3) is 0 Å². The number of aryl methyl sites for hydroxylation is 1. The van der Waals surface area contributed by atoms with Gasteiger partial charge in [-0.05, 0) is 25.8 Å². The average molecular weight is 482 g/mol. The summed E-state index contributed by atoms with van der Waals surface area (Å²) in [5.41, 5.74) is 2.54. The van der Waals surface area contributed by atoms with Crippen molar-refractivity contribution < 1.29 is 8.42 Å². The van der Waals surface area contributed by atoms with Gasteiger partial charge in [0.15, 0.2) is 5.96 Å². The number of halogens is 1. The summed E-state index contributed by atoms with van der Waals surface area (Å²) in [5, 5.41) is 6.44. The van der Waals surface area contributed by atoms with Crippen molar-refractivity contribution in [3.8, 4) is 0 Å². The number of rotatable bonds is 9. The fraction of sp³-hybridized carbons (Fsp3) is 0.588. The predicted molar refractivity (Wildman–Crippen MR) is 116 cm³/mol. The summed E-state index contributed by atoms with van der Waals surface area (Å²) in [6.07, 6.45) is 1.86. The Morgan fingerprint density at radius 2 is 1.96 bits per heavy atom. The minimum atomic E-state index is -3.11. The fourth-order valence-electron chi connectivity index (χ4n) is 2.20. The third-order valence-corrected chi connectivity index (χ3v) is 4.22. The molecule has 0 spiro atoms. The van der Waals surface area contributed by atoms with Crippen LogP contribution in [0.15, 0.2) is 29.3 Å². The van der Waals surface area contributed by atoms with Crippen molar-refractivity contribution in [2.24, 2.45) is 4.99 Å². The molecule has 0 heterocycles. The number of aliphatic imine (C=N–C) groups is 1. The molecule has 1 unspecified atom stereocenters. The molecule has 25 heavy (non-hydrogen) atoms. The molecule has 8 heteroatoms. The lowest BCUT2D eigenvalue weighted by molar-refractivity contribution is 0.584. The van der Waals surface area contributed by atoms with E-state index >= 15 is 0 Å². The van der Waals surface area contributed by atoms with Crippen molar-refractivity contribution in [1.82, 2.24) is 15.4 Å². The van der Waals surface area contributed by atoms with E-state index in [0.29, 0.717) is 32.0 Å². The van der Waals surface area contributed by atoms with Crippen molar-refractivity contribution in [2.75, 3.05) is 32.4 Å². The van der Waals surface area contributed by atoms with E-state index in [4.69, 9.17) is 0 Å². The highest BCUT2D eigenvalue weighted by Crippen LogP contribution is 2.16. The van der Waals surface area contributed by atoms with Crippen LogP contribution in [0.4, 0.5) is 0 Å². The van der Waals surface area contributed by atoms with Crippen molar-refractivity contribution in [2.45, 2.75) is 33.1 Å². The van der Waals surface area contributed by atoms with Gasteiger partial charge in [0.25, 0.3) is 0 Å². The number of sulfonamides is 1. The molecular weight excluding hydrogens is 451 g/mol. The van der Waals surface area contributed by atoms with E-state index in [9.17, 15) is 8.42 Å². The first-order chi connectivity index (χ1) is 11.3. The second-order valence-electron chi connectivity index (χ2n) is 5.98. The molecule has 0 aliphatic rings. The van der Waals surface area contributed by atoms with E-state index in [1.165, 1.54) is 17.4 Å². The Balaban J connectivity index is 0.00000576. The Morgan fingerprint density at radius 3 is 2.56 bits per heavy atom. The van der Waals surface area contributed by atoms with Crippen LogP contribution in [0, 0.1) is 6.92 Å². The van der Waals surface area contributed by atoms with Crippen LogP contribution in [-0.2, 0) is 10.0 Å². The second-order valence-corrected chi connectivity index (χ2v) is 7.81. The molecule has 6 nitrogen and oxygen atoms in total. The van der Waals surface area contributed by atoms with E-state index in [0.717, 1.165) is 12.5 Å². The fourth-order valence-corrected chi connectivity index (χ4v) is 2.72. The van der Waals surface area contributed by atoms with Crippen LogP contribution in [0.5, 0.6) is 0 Å². The zero-order valence-electron chi connectivity index (χ0n) is 15.5. The molecule has 1 aromatic carbocycles. The minimum absolute atomic E-state index is 0. The van der Waals surface area contributed by atoms with E-state index in [-0.39, 0.29) is 24.0 Å². The number of nitrogens with one attached hydrogen (secondary N) is 3. The van der Waals surface area contributed by atoms with Crippen LogP contribution in [0.1, 0.15) is 37.3 Å². The Labute approximate surface area is 169 Å².